The number of esters is 1. The third-order valence-corrected chi connectivity index (χ3v) is 0.618. The van der Waals surface area contributed by atoms with Gasteiger partial charge < -0.3 is 4.74 Å². The van der Waals surface area contributed by atoms with Crippen LogP contribution < -0.4 is 0 Å². The number of nitriles is 1. The second kappa shape index (κ2) is 3.03. The molecule has 3 heteroatoms. The second-order valence-electron chi connectivity index (χ2n) is 1.67. The molecule has 0 bridgehead atoms. The van der Waals surface area contributed by atoms with Crippen LogP contribution in [-0.2, 0) is 9.53 Å². The number of ether oxygens (including phenoxy) is 1. The van der Waals surface area contributed by atoms with Crippen LogP contribution in [-0.4, -0.2) is 5.97 Å². The summed E-state index contributed by atoms with van der Waals surface area (Å²) in [7, 11) is 0. The molecule has 0 atom stereocenters. The Kier molecular flexibility index (Phi) is 2.63. The van der Waals surface area contributed by atoms with Crippen LogP contribution in [0.4, 0.5) is 0 Å². The monoisotopic (exact) mass is 113 g/mol. The molecule has 0 aromatic rings. The first kappa shape index (κ1) is 6.96. The summed E-state index contributed by atoms with van der Waals surface area (Å²) in [6.07, 6.45) is 1.30. The Bertz CT molecular complexity index is 123. The normalized spacial score (nSPS) is 8.25. The largest absolute Gasteiger partial charge is 0.351 e. The smallest absolute Gasteiger partial charge is 0.324 e. The predicted molar refractivity (Wildman–Crippen MR) is 26.5 cm³/mol. The fraction of sp³-hybridized carbons (Fsp3) is 0.600. The number of hydrogen-bond donors (Lipinski definition) is 0. The van der Waals surface area contributed by atoms with Crippen molar-refractivity contribution in [1.82, 2.24) is 0 Å². The summed E-state index contributed by atoms with van der Waals surface area (Å²) in [5.41, 5.74) is 0. The van der Waals surface area contributed by atoms with E-state index in [0.29, 0.717) is 0 Å². The summed E-state index contributed by atoms with van der Waals surface area (Å²) in [5, 5.41) is 7.79. The van der Waals surface area contributed by atoms with Crippen molar-refractivity contribution in [1.29, 1.82) is 5.26 Å². The number of rotatable bonds is 1. The van der Waals surface area contributed by atoms with Gasteiger partial charge >= 0.3 is 5.97 Å². The SMILES string of the molecule is CC(C)C(=O)OC#N. The first-order chi connectivity index (χ1) is 3.68. The van der Waals surface area contributed by atoms with Crippen LogP contribution in [0.2, 0.25) is 0 Å². The molecular formula is C5H7NO2. The van der Waals surface area contributed by atoms with Crippen molar-refractivity contribution >= 4 is 5.97 Å². The molecule has 0 radical (unpaired) electrons. The molecule has 0 saturated heterocycles. The van der Waals surface area contributed by atoms with Gasteiger partial charge in [0.15, 0.2) is 0 Å². The van der Waals surface area contributed by atoms with Gasteiger partial charge in [-0.25, -0.2) is 0 Å². The Balaban J connectivity index is 3.53. The molecule has 0 rings (SSSR count). The van der Waals surface area contributed by atoms with E-state index in [1.165, 1.54) is 6.26 Å². The molecule has 0 aromatic carbocycles. The summed E-state index contributed by atoms with van der Waals surface area (Å²) in [5.74, 6) is -0.692. The van der Waals surface area contributed by atoms with E-state index in [-0.39, 0.29) is 5.92 Å². The highest BCUT2D eigenvalue weighted by Crippen LogP contribution is 1.93. The Morgan fingerprint density at radius 1 is 1.75 bits per heavy atom. The van der Waals surface area contributed by atoms with Crippen LogP contribution >= 0.6 is 0 Å². The molecular weight excluding hydrogens is 106 g/mol. The van der Waals surface area contributed by atoms with Gasteiger partial charge in [0, 0.05) is 0 Å². The van der Waals surface area contributed by atoms with Crippen molar-refractivity contribution in [3.05, 3.63) is 0 Å². The minimum absolute atomic E-state index is 0.213. The molecule has 0 N–H and O–H groups in total. The van der Waals surface area contributed by atoms with Crippen molar-refractivity contribution < 1.29 is 9.53 Å². The van der Waals surface area contributed by atoms with Gasteiger partial charge in [0.1, 0.15) is 0 Å². The zero-order chi connectivity index (χ0) is 6.57. The number of hydrogen-bond acceptors (Lipinski definition) is 3. The first-order valence-electron chi connectivity index (χ1n) is 2.28. The molecule has 3 nitrogen and oxygen atoms in total. The maximum atomic E-state index is 10.3. The van der Waals surface area contributed by atoms with Crippen LogP contribution in [0, 0.1) is 17.4 Å². The molecule has 0 unspecified atom stereocenters. The maximum Gasteiger partial charge on any atom is 0.324 e. The highest BCUT2D eigenvalue weighted by atomic mass is 16.5. The Morgan fingerprint density at radius 3 is 2.38 bits per heavy atom. The van der Waals surface area contributed by atoms with Crippen molar-refractivity contribution in [2.75, 3.05) is 0 Å². The second-order valence-corrected chi connectivity index (χ2v) is 1.67. The van der Waals surface area contributed by atoms with Gasteiger partial charge in [-0.05, 0) is 0 Å². The number of carbonyl (C=O) groups excluding carboxylic acids is 1. The highest BCUT2D eigenvalue weighted by Gasteiger charge is 2.06. The minimum atomic E-state index is -0.479. The van der Waals surface area contributed by atoms with Crippen LogP contribution in [0.3, 0.4) is 0 Å². The molecule has 0 aliphatic rings. The maximum absolute atomic E-state index is 10.3. The van der Waals surface area contributed by atoms with Crippen LogP contribution in [0.5, 0.6) is 0 Å². The van der Waals surface area contributed by atoms with Gasteiger partial charge in [-0.2, -0.15) is 0 Å². The van der Waals surface area contributed by atoms with E-state index in [1.807, 2.05) is 0 Å². The lowest BCUT2D eigenvalue weighted by atomic mass is 10.2. The fourth-order valence-electron chi connectivity index (χ4n) is 0.163. The quantitative estimate of drug-likeness (QED) is 0.371. The molecule has 0 heterocycles. The van der Waals surface area contributed by atoms with E-state index in [2.05, 4.69) is 4.74 Å². The Hall–Kier alpha value is -1.04. The first-order valence-corrected chi connectivity index (χ1v) is 2.28. The third kappa shape index (κ3) is 2.19. The van der Waals surface area contributed by atoms with Crippen molar-refractivity contribution in [3.8, 4) is 6.26 Å². The molecule has 0 amide bonds. The molecule has 0 aliphatic carbocycles. The van der Waals surface area contributed by atoms with Gasteiger partial charge in [-0.15, -0.1) is 5.26 Å². The zero-order valence-electron chi connectivity index (χ0n) is 4.84. The summed E-state index contributed by atoms with van der Waals surface area (Å²) < 4.78 is 3.97. The average Bonchev–Trinajstić information content (AvgIpc) is 1.67. The van der Waals surface area contributed by atoms with Gasteiger partial charge in [-0.1, -0.05) is 13.8 Å². The van der Waals surface area contributed by atoms with Gasteiger partial charge in [0.2, 0.25) is 0 Å². The topological polar surface area (TPSA) is 50.1 Å². The van der Waals surface area contributed by atoms with E-state index in [4.69, 9.17) is 5.26 Å². The van der Waals surface area contributed by atoms with Gasteiger partial charge in [0.05, 0.1) is 5.92 Å². The number of carbonyl (C=O) groups is 1. The lowest BCUT2D eigenvalue weighted by Crippen LogP contribution is -2.07. The minimum Gasteiger partial charge on any atom is -0.351 e. The molecule has 8 heavy (non-hydrogen) atoms. The summed E-state index contributed by atoms with van der Waals surface area (Å²) >= 11 is 0. The van der Waals surface area contributed by atoms with E-state index < -0.39 is 5.97 Å². The van der Waals surface area contributed by atoms with E-state index in [9.17, 15) is 4.79 Å². The molecule has 0 aliphatic heterocycles. The van der Waals surface area contributed by atoms with Crippen LogP contribution in [0.1, 0.15) is 13.8 Å². The van der Waals surface area contributed by atoms with Gasteiger partial charge in [0.25, 0.3) is 6.26 Å². The standard InChI is InChI=1S/C5H7NO2/c1-4(2)5(7)8-3-6/h4H,1-2H3. The molecule has 0 spiro atoms. The van der Waals surface area contributed by atoms with Crippen molar-refractivity contribution in [2.45, 2.75) is 13.8 Å². The molecule has 0 fully saturated rings. The fourth-order valence-corrected chi connectivity index (χ4v) is 0.163. The van der Waals surface area contributed by atoms with Crippen molar-refractivity contribution in [3.63, 3.8) is 0 Å². The predicted octanol–water partition coefficient (Wildman–Crippen LogP) is 0.667. The van der Waals surface area contributed by atoms with Crippen LogP contribution in [0.25, 0.3) is 0 Å². The third-order valence-electron chi connectivity index (χ3n) is 0.618. The lowest BCUT2D eigenvalue weighted by molar-refractivity contribution is -0.140. The Labute approximate surface area is 47.9 Å². The van der Waals surface area contributed by atoms with E-state index >= 15 is 0 Å². The average molecular weight is 113 g/mol. The molecule has 44 valence electrons. The lowest BCUT2D eigenvalue weighted by Gasteiger charge is -1.94. The number of nitrogens with zero attached hydrogens (tertiary/aromatic N) is 1. The molecule has 0 aromatic heterocycles. The zero-order valence-corrected chi connectivity index (χ0v) is 4.84. The van der Waals surface area contributed by atoms with E-state index in [0.717, 1.165) is 0 Å². The summed E-state index contributed by atoms with van der Waals surface area (Å²) in [6.45, 7) is 3.33. The van der Waals surface area contributed by atoms with Crippen LogP contribution in [0.15, 0.2) is 0 Å². The Morgan fingerprint density at radius 2 is 2.25 bits per heavy atom. The van der Waals surface area contributed by atoms with Gasteiger partial charge in [-0.3, -0.25) is 4.79 Å². The highest BCUT2D eigenvalue weighted by molar-refractivity contribution is 5.72. The van der Waals surface area contributed by atoms with Crippen molar-refractivity contribution in [2.24, 2.45) is 5.92 Å². The summed E-state index contributed by atoms with van der Waals surface area (Å²) in [4.78, 5) is 10.3. The van der Waals surface area contributed by atoms with E-state index in [1.54, 1.807) is 13.8 Å². The summed E-state index contributed by atoms with van der Waals surface area (Å²) in [6, 6.07) is 0. The molecule has 0 saturated carbocycles.